The largest absolute Gasteiger partial charge is 0.388 e. The molecule has 0 aliphatic carbocycles. The van der Waals surface area contributed by atoms with Crippen molar-refractivity contribution >= 4 is 40.4 Å². The first-order chi connectivity index (χ1) is 8.56. The Kier molecular flexibility index (Phi) is 3.74. The van der Waals surface area contributed by atoms with Crippen LogP contribution < -0.4 is 11.1 Å². The van der Waals surface area contributed by atoms with Gasteiger partial charge in [0, 0.05) is 16.9 Å². The van der Waals surface area contributed by atoms with Gasteiger partial charge in [-0.2, -0.15) is 0 Å². The number of nitrogens with one attached hydrogen (secondary N) is 1. The second-order valence-corrected chi connectivity index (χ2v) is 4.57. The van der Waals surface area contributed by atoms with Gasteiger partial charge in [0.2, 0.25) is 5.95 Å². The van der Waals surface area contributed by atoms with Gasteiger partial charge in [-0.3, -0.25) is 0 Å². The minimum Gasteiger partial charge on any atom is -0.388 e. The van der Waals surface area contributed by atoms with Gasteiger partial charge in [0.05, 0.1) is 0 Å². The minimum absolute atomic E-state index is 0.238. The van der Waals surface area contributed by atoms with Crippen LogP contribution in [-0.4, -0.2) is 15.0 Å². The van der Waals surface area contributed by atoms with Crippen LogP contribution in [0.4, 0.5) is 11.6 Å². The molecule has 18 heavy (non-hydrogen) atoms. The van der Waals surface area contributed by atoms with Crippen molar-refractivity contribution in [1.82, 2.24) is 9.97 Å². The number of thiocarbonyl (C=S) groups is 1. The Morgan fingerprint density at radius 3 is 2.83 bits per heavy atom. The van der Waals surface area contributed by atoms with Gasteiger partial charge in [-0.25, -0.2) is 9.97 Å². The van der Waals surface area contributed by atoms with Crippen LogP contribution >= 0.6 is 23.8 Å². The Hall–Kier alpha value is -1.72. The Morgan fingerprint density at radius 1 is 1.39 bits per heavy atom. The van der Waals surface area contributed by atoms with Crippen LogP contribution in [0.25, 0.3) is 0 Å². The van der Waals surface area contributed by atoms with E-state index in [9.17, 15) is 0 Å². The van der Waals surface area contributed by atoms with Crippen LogP contribution in [0.1, 0.15) is 11.3 Å². The molecule has 1 aromatic heterocycles. The zero-order valence-electron chi connectivity index (χ0n) is 9.64. The molecule has 0 fully saturated rings. The molecule has 4 nitrogen and oxygen atoms in total. The zero-order chi connectivity index (χ0) is 13.1. The van der Waals surface area contributed by atoms with Crippen molar-refractivity contribution in [2.75, 3.05) is 5.32 Å². The first-order valence-corrected chi connectivity index (χ1v) is 6.01. The number of halogens is 1. The number of nitrogens with zero attached hydrogens (tertiary/aromatic N) is 2. The average Bonchev–Trinajstić information content (AvgIpc) is 2.34. The van der Waals surface area contributed by atoms with Crippen LogP contribution in [0.2, 0.25) is 5.02 Å². The van der Waals surface area contributed by atoms with E-state index in [1.54, 1.807) is 12.3 Å². The first kappa shape index (κ1) is 12.7. The lowest BCUT2D eigenvalue weighted by Gasteiger charge is -2.07. The maximum atomic E-state index is 6.04. The lowest BCUT2D eigenvalue weighted by molar-refractivity contribution is 1.15. The molecule has 0 amide bonds. The Bertz CT molecular complexity index is 600. The van der Waals surface area contributed by atoms with Crippen molar-refractivity contribution in [3.8, 4) is 0 Å². The van der Waals surface area contributed by atoms with Gasteiger partial charge >= 0.3 is 0 Å². The summed E-state index contributed by atoms with van der Waals surface area (Å²) in [5.41, 5.74) is 7.87. The van der Waals surface area contributed by atoms with E-state index in [4.69, 9.17) is 29.6 Å². The molecular weight excluding hydrogens is 268 g/mol. The number of nitrogens with two attached hydrogens (primary N) is 1. The number of aromatic nitrogens is 2. The molecule has 0 saturated carbocycles. The highest BCUT2D eigenvalue weighted by atomic mass is 35.5. The van der Waals surface area contributed by atoms with E-state index in [2.05, 4.69) is 15.3 Å². The van der Waals surface area contributed by atoms with Crippen molar-refractivity contribution < 1.29 is 0 Å². The van der Waals surface area contributed by atoms with E-state index in [1.165, 1.54) is 0 Å². The van der Waals surface area contributed by atoms with Crippen LogP contribution in [0, 0.1) is 6.92 Å². The Labute approximate surface area is 115 Å². The highest BCUT2D eigenvalue weighted by Crippen LogP contribution is 2.21. The SMILES string of the molecule is Cc1ccc(Nc2nccc(C(N)=S)n2)cc1Cl. The third-order valence-corrected chi connectivity index (χ3v) is 2.95. The van der Waals surface area contributed by atoms with Crippen LogP contribution in [0.3, 0.4) is 0 Å². The monoisotopic (exact) mass is 278 g/mol. The van der Waals surface area contributed by atoms with Crippen molar-refractivity contribution in [2.24, 2.45) is 5.73 Å². The number of anilines is 2. The Balaban J connectivity index is 2.25. The lowest BCUT2D eigenvalue weighted by atomic mass is 10.2. The summed E-state index contributed by atoms with van der Waals surface area (Å²) in [5.74, 6) is 0.431. The predicted molar refractivity (Wildman–Crippen MR) is 77.4 cm³/mol. The molecular formula is C12H11ClN4S. The van der Waals surface area contributed by atoms with Gasteiger partial charge in [0.1, 0.15) is 10.7 Å². The first-order valence-electron chi connectivity index (χ1n) is 5.22. The number of rotatable bonds is 3. The molecule has 0 radical (unpaired) electrons. The average molecular weight is 279 g/mol. The van der Waals surface area contributed by atoms with E-state index < -0.39 is 0 Å². The van der Waals surface area contributed by atoms with Crippen LogP contribution in [0.5, 0.6) is 0 Å². The van der Waals surface area contributed by atoms with Gasteiger partial charge in [0.15, 0.2) is 0 Å². The molecule has 2 aromatic rings. The lowest BCUT2D eigenvalue weighted by Crippen LogP contribution is -2.12. The Morgan fingerprint density at radius 2 is 2.17 bits per heavy atom. The normalized spacial score (nSPS) is 10.1. The van der Waals surface area contributed by atoms with E-state index in [0.717, 1.165) is 11.3 Å². The molecule has 0 aliphatic rings. The molecule has 0 atom stereocenters. The fraction of sp³-hybridized carbons (Fsp3) is 0.0833. The van der Waals surface area contributed by atoms with Crippen LogP contribution in [-0.2, 0) is 0 Å². The second kappa shape index (κ2) is 5.29. The minimum atomic E-state index is 0.238. The van der Waals surface area contributed by atoms with Crippen molar-refractivity contribution in [2.45, 2.75) is 6.92 Å². The van der Waals surface area contributed by atoms with Gasteiger partial charge in [-0.05, 0) is 30.7 Å². The summed E-state index contributed by atoms with van der Waals surface area (Å²) < 4.78 is 0. The zero-order valence-corrected chi connectivity index (χ0v) is 11.2. The number of aryl methyl sites for hydroxylation is 1. The molecule has 92 valence electrons. The fourth-order valence-corrected chi connectivity index (χ4v) is 1.65. The van der Waals surface area contributed by atoms with Gasteiger partial charge < -0.3 is 11.1 Å². The molecule has 0 unspecified atom stereocenters. The summed E-state index contributed by atoms with van der Waals surface area (Å²) in [6.07, 6.45) is 1.60. The molecule has 3 N–H and O–H groups in total. The van der Waals surface area contributed by atoms with Gasteiger partial charge in [0.25, 0.3) is 0 Å². The summed E-state index contributed by atoms with van der Waals surface area (Å²) in [6, 6.07) is 7.30. The smallest absolute Gasteiger partial charge is 0.227 e. The summed E-state index contributed by atoms with van der Waals surface area (Å²) in [5, 5.41) is 3.73. The topological polar surface area (TPSA) is 63.8 Å². The standard InChI is InChI=1S/C12H11ClN4S/c1-7-2-3-8(6-9(7)13)16-12-15-5-4-10(17-12)11(14)18/h2-6H,1H3,(H2,14,18)(H,15,16,17). The molecule has 0 spiro atoms. The van der Waals surface area contributed by atoms with E-state index in [0.29, 0.717) is 16.7 Å². The summed E-state index contributed by atoms with van der Waals surface area (Å²) in [7, 11) is 0. The molecule has 2 rings (SSSR count). The third-order valence-electron chi connectivity index (χ3n) is 2.34. The van der Waals surface area contributed by atoms with E-state index in [-0.39, 0.29) is 4.99 Å². The molecule has 0 bridgehead atoms. The van der Waals surface area contributed by atoms with E-state index >= 15 is 0 Å². The number of hydrogen-bond donors (Lipinski definition) is 2. The van der Waals surface area contributed by atoms with Crippen molar-refractivity contribution in [1.29, 1.82) is 0 Å². The predicted octanol–water partition coefficient (Wildman–Crippen LogP) is 2.82. The summed E-state index contributed by atoms with van der Waals surface area (Å²) >= 11 is 10.9. The van der Waals surface area contributed by atoms with Crippen LogP contribution in [0.15, 0.2) is 30.5 Å². The summed E-state index contributed by atoms with van der Waals surface area (Å²) in [6.45, 7) is 1.94. The highest BCUT2D eigenvalue weighted by molar-refractivity contribution is 7.80. The maximum Gasteiger partial charge on any atom is 0.227 e. The molecule has 1 aromatic carbocycles. The molecule has 1 heterocycles. The second-order valence-electron chi connectivity index (χ2n) is 3.72. The van der Waals surface area contributed by atoms with Crippen molar-refractivity contribution in [3.05, 3.63) is 46.7 Å². The van der Waals surface area contributed by atoms with Gasteiger partial charge in [-0.1, -0.05) is 29.9 Å². The quantitative estimate of drug-likeness (QED) is 0.845. The molecule has 6 heteroatoms. The number of benzene rings is 1. The fourth-order valence-electron chi connectivity index (χ4n) is 1.36. The number of hydrogen-bond acceptors (Lipinski definition) is 4. The molecule has 0 aliphatic heterocycles. The molecule has 0 saturated heterocycles. The third kappa shape index (κ3) is 2.94. The van der Waals surface area contributed by atoms with Gasteiger partial charge in [-0.15, -0.1) is 0 Å². The highest BCUT2D eigenvalue weighted by Gasteiger charge is 2.03. The van der Waals surface area contributed by atoms with Crippen molar-refractivity contribution in [3.63, 3.8) is 0 Å². The van der Waals surface area contributed by atoms with E-state index in [1.807, 2.05) is 25.1 Å². The summed E-state index contributed by atoms with van der Waals surface area (Å²) in [4.78, 5) is 8.52. The maximum absolute atomic E-state index is 6.04.